The van der Waals surface area contributed by atoms with Crippen molar-refractivity contribution >= 4 is 0 Å². The lowest BCUT2D eigenvalue weighted by atomic mass is 10.0. The molecule has 0 aliphatic carbocycles. The van der Waals surface area contributed by atoms with Gasteiger partial charge in [-0.1, -0.05) is 12.1 Å². The second kappa shape index (κ2) is 4.86. The lowest BCUT2D eigenvalue weighted by Crippen LogP contribution is -2.13. The topological polar surface area (TPSA) is 26.0 Å². The van der Waals surface area contributed by atoms with E-state index in [4.69, 9.17) is 5.73 Å². The van der Waals surface area contributed by atoms with Gasteiger partial charge in [-0.05, 0) is 25.0 Å². The molecule has 0 amide bonds. The molecule has 0 spiro atoms. The Balaban J connectivity index is 2.87. The zero-order valence-electron chi connectivity index (χ0n) is 7.84. The van der Waals surface area contributed by atoms with Gasteiger partial charge in [0.05, 0.1) is 0 Å². The van der Waals surface area contributed by atoms with Crippen LogP contribution in [0.1, 0.15) is 24.4 Å². The summed E-state index contributed by atoms with van der Waals surface area (Å²) >= 11 is 0. The maximum absolute atomic E-state index is 13.2. The Labute approximate surface area is 82.2 Å². The molecule has 0 aliphatic heterocycles. The molecular formula is C11H13F2N. The zero-order valence-corrected chi connectivity index (χ0v) is 7.84. The molecule has 3 heteroatoms. The van der Waals surface area contributed by atoms with Crippen LogP contribution in [0.15, 0.2) is 30.9 Å². The number of hydrogen-bond acceptors (Lipinski definition) is 1. The molecule has 0 bridgehead atoms. The summed E-state index contributed by atoms with van der Waals surface area (Å²) < 4.78 is 26.4. The predicted molar refractivity (Wildman–Crippen MR) is 52.7 cm³/mol. The Morgan fingerprint density at radius 3 is 2.43 bits per heavy atom. The first-order valence-electron chi connectivity index (χ1n) is 4.47. The Kier molecular flexibility index (Phi) is 3.77. The normalized spacial score (nSPS) is 12.5. The summed E-state index contributed by atoms with van der Waals surface area (Å²) in [5.74, 6) is -1.16. The molecule has 0 saturated carbocycles. The first-order chi connectivity index (χ1) is 6.66. The van der Waals surface area contributed by atoms with Crippen LogP contribution in [0.2, 0.25) is 0 Å². The monoisotopic (exact) mass is 197 g/mol. The van der Waals surface area contributed by atoms with E-state index in [2.05, 4.69) is 6.58 Å². The summed E-state index contributed by atoms with van der Waals surface area (Å²) in [5, 5.41) is 0. The van der Waals surface area contributed by atoms with Crippen molar-refractivity contribution in [2.24, 2.45) is 5.73 Å². The lowest BCUT2D eigenvalue weighted by Gasteiger charge is -2.12. The third-order valence-electron chi connectivity index (χ3n) is 2.05. The molecule has 1 rings (SSSR count). The maximum atomic E-state index is 13.2. The Hall–Kier alpha value is -1.22. The number of hydrogen-bond donors (Lipinski definition) is 1. The fourth-order valence-corrected chi connectivity index (χ4v) is 1.31. The van der Waals surface area contributed by atoms with Gasteiger partial charge in [-0.25, -0.2) is 8.78 Å². The number of rotatable bonds is 4. The van der Waals surface area contributed by atoms with Gasteiger partial charge in [-0.15, -0.1) is 6.58 Å². The third-order valence-corrected chi connectivity index (χ3v) is 2.05. The molecule has 76 valence electrons. The van der Waals surface area contributed by atoms with Crippen molar-refractivity contribution in [3.8, 4) is 0 Å². The van der Waals surface area contributed by atoms with Gasteiger partial charge in [0.25, 0.3) is 0 Å². The molecule has 0 fully saturated rings. The van der Waals surface area contributed by atoms with Crippen LogP contribution in [-0.2, 0) is 0 Å². The highest BCUT2D eigenvalue weighted by Gasteiger charge is 2.15. The van der Waals surface area contributed by atoms with Crippen molar-refractivity contribution in [3.63, 3.8) is 0 Å². The van der Waals surface area contributed by atoms with Gasteiger partial charge >= 0.3 is 0 Å². The average molecular weight is 197 g/mol. The van der Waals surface area contributed by atoms with Gasteiger partial charge in [0.15, 0.2) is 0 Å². The van der Waals surface area contributed by atoms with E-state index in [1.165, 1.54) is 18.2 Å². The molecule has 0 radical (unpaired) electrons. The third kappa shape index (κ3) is 2.39. The van der Waals surface area contributed by atoms with Crippen molar-refractivity contribution in [3.05, 3.63) is 48.1 Å². The SMILES string of the molecule is C=CCC[C@H](N)c1c(F)cccc1F. The van der Waals surface area contributed by atoms with Crippen molar-refractivity contribution in [1.29, 1.82) is 0 Å². The summed E-state index contributed by atoms with van der Waals surface area (Å²) in [6.07, 6.45) is 2.83. The first kappa shape index (κ1) is 10.9. The van der Waals surface area contributed by atoms with Crippen molar-refractivity contribution in [2.75, 3.05) is 0 Å². The van der Waals surface area contributed by atoms with Gasteiger partial charge in [0, 0.05) is 11.6 Å². The molecular weight excluding hydrogens is 184 g/mol. The van der Waals surface area contributed by atoms with Gasteiger partial charge in [-0.3, -0.25) is 0 Å². The predicted octanol–water partition coefficient (Wildman–Crippen LogP) is 2.93. The maximum Gasteiger partial charge on any atom is 0.130 e. The van der Waals surface area contributed by atoms with Crippen molar-refractivity contribution < 1.29 is 8.78 Å². The Morgan fingerprint density at radius 1 is 1.36 bits per heavy atom. The summed E-state index contributed by atoms with van der Waals surface area (Å²) in [4.78, 5) is 0. The number of allylic oxidation sites excluding steroid dienone is 1. The molecule has 0 saturated heterocycles. The van der Waals surface area contributed by atoms with Crippen LogP contribution in [0.3, 0.4) is 0 Å². The van der Waals surface area contributed by atoms with E-state index in [9.17, 15) is 8.78 Å². The van der Waals surface area contributed by atoms with E-state index >= 15 is 0 Å². The number of halogens is 2. The van der Waals surface area contributed by atoms with E-state index in [0.717, 1.165) is 0 Å². The van der Waals surface area contributed by atoms with E-state index in [1.807, 2.05) is 0 Å². The minimum Gasteiger partial charge on any atom is -0.324 e. The molecule has 1 aromatic rings. The summed E-state index contributed by atoms with van der Waals surface area (Å²) in [6.45, 7) is 3.53. The lowest BCUT2D eigenvalue weighted by molar-refractivity contribution is 0.514. The molecule has 0 unspecified atom stereocenters. The van der Waals surface area contributed by atoms with Gasteiger partial charge in [0.1, 0.15) is 11.6 Å². The molecule has 2 N–H and O–H groups in total. The average Bonchev–Trinajstić information content (AvgIpc) is 2.14. The fourth-order valence-electron chi connectivity index (χ4n) is 1.31. The van der Waals surface area contributed by atoms with E-state index < -0.39 is 17.7 Å². The summed E-state index contributed by atoms with van der Waals surface area (Å²) in [7, 11) is 0. The molecule has 14 heavy (non-hydrogen) atoms. The number of nitrogens with two attached hydrogens (primary N) is 1. The highest BCUT2D eigenvalue weighted by molar-refractivity contribution is 5.22. The standard InChI is InChI=1S/C11H13F2N/c1-2-3-7-10(14)11-8(12)5-4-6-9(11)13/h2,4-6,10H,1,3,7,14H2/t10-/m0/s1. The van der Waals surface area contributed by atoms with E-state index in [0.29, 0.717) is 12.8 Å². The fraction of sp³-hybridized carbons (Fsp3) is 0.273. The van der Waals surface area contributed by atoms with Crippen LogP contribution in [0.25, 0.3) is 0 Å². The van der Waals surface area contributed by atoms with Crippen LogP contribution in [0.4, 0.5) is 8.78 Å². The minimum atomic E-state index is -0.603. The van der Waals surface area contributed by atoms with E-state index in [1.54, 1.807) is 6.08 Å². The smallest absolute Gasteiger partial charge is 0.130 e. The van der Waals surface area contributed by atoms with Gasteiger partial charge in [-0.2, -0.15) is 0 Å². The Morgan fingerprint density at radius 2 is 1.93 bits per heavy atom. The molecule has 0 aromatic heterocycles. The van der Waals surface area contributed by atoms with Crippen LogP contribution in [0.5, 0.6) is 0 Å². The minimum absolute atomic E-state index is 0.0330. The summed E-state index contributed by atoms with van der Waals surface area (Å²) in [5.41, 5.74) is 5.62. The first-order valence-corrected chi connectivity index (χ1v) is 4.47. The second-order valence-corrected chi connectivity index (χ2v) is 3.11. The largest absolute Gasteiger partial charge is 0.324 e. The molecule has 1 aromatic carbocycles. The summed E-state index contributed by atoms with van der Waals surface area (Å²) in [6, 6.07) is 3.15. The molecule has 1 nitrogen and oxygen atoms in total. The van der Waals surface area contributed by atoms with E-state index in [-0.39, 0.29) is 5.56 Å². The van der Waals surface area contributed by atoms with Crippen molar-refractivity contribution in [2.45, 2.75) is 18.9 Å². The van der Waals surface area contributed by atoms with Crippen LogP contribution >= 0.6 is 0 Å². The molecule has 0 aliphatic rings. The highest BCUT2D eigenvalue weighted by Crippen LogP contribution is 2.22. The van der Waals surface area contributed by atoms with Gasteiger partial charge < -0.3 is 5.73 Å². The quantitative estimate of drug-likeness (QED) is 0.738. The molecule has 1 atom stereocenters. The van der Waals surface area contributed by atoms with Crippen molar-refractivity contribution in [1.82, 2.24) is 0 Å². The Bertz CT molecular complexity index is 303. The molecule has 0 heterocycles. The van der Waals surface area contributed by atoms with Crippen LogP contribution in [-0.4, -0.2) is 0 Å². The van der Waals surface area contributed by atoms with Gasteiger partial charge in [0.2, 0.25) is 0 Å². The highest BCUT2D eigenvalue weighted by atomic mass is 19.1. The second-order valence-electron chi connectivity index (χ2n) is 3.11. The number of benzene rings is 1. The van der Waals surface area contributed by atoms with Crippen LogP contribution in [0, 0.1) is 11.6 Å². The van der Waals surface area contributed by atoms with Crippen LogP contribution < -0.4 is 5.73 Å². The zero-order chi connectivity index (χ0) is 10.6.